The van der Waals surface area contributed by atoms with E-state index < -0.39 is 10.0 Å². The number of hydrogen-bond acceptors (Lipinski definition) is 5. The highest BCUT2D eigenvalue weighted by Crippen LogP contribution is 2.24. The van der Waals surface area contributed by atoms with E-state index in [1.54, 1.807) is 36.5 Å². The highest BCUT2D eigenvalue weighted by atomic mass is 35.5. The molecule has 0 unspecified atom stereocenters. The first kappa shape index (κ1) is 20.3. The fraction of sp³-hybridized carbons (Fsp3) is 0.111. The number of sulfonamides is 1. The van der Waals surface area contributed by atoms with E-state index in [0.717, 1.165) is 20.9 Å². The topological polar surface area (TPSA) is 86.4 Å². The van der Waals surface area contributed by atoms with Gasteiger partial charge in [0.15, 0.2) is 5.11 Å². The molecule has 10 heteroatoms. The molecule has 0 aliphatic carbocycles. The van der Waals surface area contributed by atoms with Gasteiger partial charge in [-0.2, -0.15) is 0 Å². The van der Waals surface area contributed by atoms with Gasteiger partial charge in [-0.05, 0) is 54.7 Å². The number of anilines is 2. The maximum absolute atomic E-state index is 12.3. The Morgan fingerprint density at radius 3 is 2.68 bits per heavy atom. The predicted molar refractivity (Wildman–Crippen MR) is 117 cm³/mol. The number of nitrogens with zero attached hydrogens (tertiary/aromatic N) is 2. The van der Waals surface area contributed by atoms with Crippen LogP contribution in [0.2, 0.25) is 5.02 Å². The van der Waals surface area contributed by atoms with Crippen molar-refractivity contribution in [1.82, 2.24) is 14.7 Å². The lowest BCUT2D eigenvalue weighted by atomic mass is 10.2. The second kappa shape index (κ2) is 8.27. The van der Waals surface area contributed by atoms with Crippen LogP contribution < -0.4 is 16.2 Å². The first-order valence-corrected chi connectivity index (χ1v) is 10.4. The lowest BCUT2D eigenvalue weighted by Crippen LogP contribution is -2.33. The van der Waals surface area contributed by atoms with Crippen LogP contribution in [0.5, 0.6) is 0 Å². The molecule has 7 nitrogen and oxygen atoms in total. The van der Waals surface area contributed by atoms with Gasteiger partial charge in [0.05, 0.1) is 16.1 Å². The maximum Gasteiger partial charge on any atom is 0.242 e. The Balaban J connectivity index is 1.71. The Hall–Kier alpha value is -2.46. The highest BCUT2D eigenvalue weighted by molar-refractivity contribution is 7.89. The zero-order valence-corrected chi connectivity index (χ0v) is 17.5. The van der Waals surface area contributed by atoms with Gasteiger partial charge in [0.25, 0.3) is 0 Å². The molecule has 3 N–H and O–H groups in total. The molecule has 2 aromatic carbocycles. The molecule has 0 radical (unpaired) electrons. The van der Waals surface area contributed by atoms with Crippen LogP contribution in [0.15, 0.2) is 59.6 Å². The lowest BCUT2D eigenvalue weighted by Gasteiger charge is -2.15. The van der Waals surface area contributed by atoms with Crippen LogP contribution in [0.4, 0.5) is 11.4 Å². The van der Waals surface area contributed by atoms with E-state index in [0.29, 0.717) is 10.7 Å². The lowest BCUT2D eigenvalue weighted by molar-refractivity contribution is 0.521. The molecule has 1 aromatic heterocycles. The van der Waals surface area contributed by atoms with Crippen molar-refractivity contribution >= 4 is 61.2 Å². The molecule has 28 heavy (non-hydrogen) atoms. The molecule has 0 amide bonds. The summed E-state index contributed by atoms with van der Waals surface area (Å²) >= 11 is 11.3. The van der Waals surface area contributed by atoms with Crippen LogP contribution in [0.3, 0.4) is 0 Å². The molecule has 0 bridgehead atoms. The van der Waals surface area contributed by atoms with E-state index in [1.807, 2.05) is 6.07 Å². The fourth-order valence-corrected chi connectivity index (χ4v) is 3.75. The zero-order chi connectivity index (χ0) is 20.3. The van der Waals surface area contributed by atoms with Gasteiger partial charge in [0.1, 0.15) is 0 Å². The van der Waals surface area contributed by atoms with Gasteiger partial charge in [-0.25, -0.2) is 12.7 Å². The summed E-state index contributed by atoms with van der Waals surface area (Å²) in [6.45, 7) is 0. The van der Waals surface area contributed by atoms with Crippen LogP contribution >= 0.6 is 23.8 Å². The van der Waals surface area contributed by atoms with Crippen molar-refractivity contribution in [2.24, 2.45) is 0 Å². The molecule has 0 spiro atoms. The van der Waals surface area contributed by atoms with Crippen molar-refractivity contribution in [3.05, 3.63) is 59.8 Å². The molecule has 146 valence electrons. The van der Waals surface area contributed by atoms with Crippen LogP contribution in [0.1, 0.15) is 0 Å². The third-order valence-electron chi connectivity index (χ3n) is 3.89. The summed E-state index contributed by atoms with van der Waals surface area (Å²) in [5.41, 5.74) is 7.98. The van der Waals surface area contributed by atoms with Crippen molar-refractivity contribution < 1.29 is 8.42 Å². The Kier molecular flexibility index (Phi) is 5.99. The molecule has 0 fully saturated rings. The third-order valence-corrected chi connectivity index (χ3v) is 6.14. The minimum Gasteiger partial charge on any atom is -0.331 e. The molecule has 0 atom stereocenters. The van der Waals surface area contributed by atoms with Crippen molar-refractivity contribution in [2.45, 2.75) is 4.90 Å². The van der Waals surface area contributed by atoms with E-state index in [2.05, 4.69) is 21.2 Å². The SMILES string of the molecule is CN(C)S(=O)(=O)c1cccc(NC(=S)NNc2ccnc3cc(Cl)ccc23)c1. The molecular formula is C18H18ClN5O2S2. The summed E-state index contributed by atoms with van der Waals surface area (Å²) in [7, 11) is -0.554. The molecule has 0 aliphatic heterocycles. The first-order chi connectivity index (χ1) is 13.3. The van der Waals surface area contributed by atoms with E-state index in [-0.39, 0.29) is 10.0 Å². The Bertz CT molecular complexity index is 1140. The molecule has 1 heterocycles. The zero-order valence-electron chi connectivity index (χ0n) is 15.1. The number of thiocarbonyl (C=S) groups is 1. The van der Waals surface area contributed by atoms with Crippen LogP contribution in [-0.4, -0.2) is 36.9 Å². The fourth-order valence-electron chi connectivity index (χ4n) is 2.46. The minimum absolute atomic E-state index is 0.176. The number of hydrazine groups is 1. The van der Waals surface area contributed by atoms with Crippen molar-refractivity contribution in [3.63, 3.8) is 0 Å². The second-order valence-electron chi connectivity index (χ2n) is 6.04. The van der Waals surface area contributed by atoms with Gasteiger partial charge in [-0.1, -0.05) is 17.7 Å². The van der Waals surface area contributed by atoms with Gasteiger partial charge >= 0.3 is 0 Å². The van der Waals surface area contributed by atoms with Crippen molar-refractivity contribution in [2.75, 3.05) is 24.8 Å². The van der Waals surface area contributed by atoms with E-state index >= 15 is 0 Å². The molecular weight excluding hydrogens is 418 g/mol. The van der Waals surface area contributed by atoms with Crippen molar-refractivity contribution in [1.29, 1.82) is 0 Å². The molecule has 0 aliphatic rings. The highest BCUT2D eigenvalue weighted by Gasteiger charge is 2.17. The Morgan fingerprint density at radius 2 is 1.93 bits per heavy atom. The molecule has 3 rings (SSSR count). The number of rotatable bonds is 5. The predicted octanol–water partition coefficient (Wildman–Crippen LogP) is 3.45. The first-order valence-electron chi connectivity index (χ1n) is 8.17. The van der Waals surface area contributed by atoms with E-state index in [4.69, 9.17) is 23.8 Å². The minimum atomic E-state index is -3.52. The van der Waals surface area contributed by atoms with Gasteiger partial charge < -0.3 is 5.32 Å². The number of pyridine rings is 1. The van der Waals surface area contributed by atoms with Crippen molar-refractivity contribution in [3.8, 4) is 0 Å². The number of nitrogens with one attached hydrogen (secondary N) is 3. The van der Waals surface area contributed by atoms with Gasteiger partial charge in [-0.3, -0.25) is 15.8 Å². The smallest absolute Gasteiger partial charge is 0.242 e. The number of benzene rings is 2. The average Bonchev–Trinajstić information content (AvgIpc) is 2.66. The number of fused-ring (bicyclic) bond motifs is 1. The Labute approximate surface area is 173 Å². The van der Waals surface area contributed by atoms with Crippen LogP contribution in [-0.2, 0) is 10.0 Å². The summed E-state index contributed by atoms with van der Waals surface area (Å²) in [5.74, 6) is 0. The normalized spacial score (nSPS) is 11.4. The van der Waals surface area contributed by atoms with Gasteiger partial charge in [-0.15, -0.1) is 0 Å². The van der Waals surface area contributed by atoms with Crippen LogP contribution in [0.25, 0.3) is 10.9 Å². The summed E-state index contributed by atoms with van der Waals surface area (Å²) in [5, 5.41) is 4.72. The standard InChI is InChI=1S/C18H18ClN5O2S2/c1-24(2)28(25,26)14-5-3-4-13(11-14)21-18(27)23-22-16-8-9-20-17-10-12(19)6-7-15(16)17/h3-11H,1-2H3,(H,20,22)(H2,21,23,27). The summed E-state index contributed by atoms with van der Waals surface area (Å²) in [6, 6.07) is 13.6. The number of aromatic nitrogens is 1. The Morgan fingerprint density at radius 1 is 1.14 bits per heavy atom. The largest absolute Gasteiger partial charge is 0.331 e. The monoisotopic (exact) mass is 435 g/mol. The summed E-state index contributed by atoms with van der Waals surface area (Å²) < 4.78 is 25.7. The summed E-state index contributed by atoms with van der Waals surface area (Å²) in [6.07, 6.45) is 1.66. The number of hydrogen-bond donors (Lipinski definition) is 3. The summed E-state index contributed by atoms with van der Waals surface area (Å²) in [4.78, 5) is 4.46. The second-order valence-corrected chi connectivity index (χ2v) is 9.04. The maximum atomic E-state index is 12.3. The van der Waals surface area contributed by atoms with Gasteiger partial charge in [0, 0.05) is 36.4 Å². The molecule has 0 saturated heterocycles. The van der Waals surface area contributed by atoms with E-state index in [1.165, 1.54) is 26.2 Å². The quantitative estimate of drug-likeness (QED) is 0.418. The number of halogens is 1. The molecule has 0 saturated carbocycles. The third kappa shape index (κ3) is 4.50. The van der Waals surface area contributed by atoms with Gasteiger partial charge in [0.2, 0.25) is 10.0 Å². The molecule has 3 aromatic rings. The van der Waals surface area contributed by atoms with E-state index in [9.17, 15) is 8.42 Å². The van der Waals surface area contributed by atoms with Crippen LogP contribution in [0, 0.1) is 0 Å². The average molecular weight is 436 g/mol.